The molecule has 3 rings (SSSR count). The van der Waals surface area contributed by atoms with Crippen LogP contribution in [0, 0.1) is 12.3 Å². The summed E-state index contributed by atoms with van der Waals surface area (Å²) in [5.41, 5.74) is 9.19. The van der Waals surface area contributed by atoms with Crippen LogP contribution in [-0.2, 0) is 6.54 Å². The maximum atomic E-state index is 5.81. The van der Waals surface area contributed by atoms with Crippen LogP contribution in [0.25, 0.3) is 11.4 Å². The Morgan fingerprint density at radius 3 is 2.80 bits per heavy atom. The summed E-state index contributed by atoms with van der Waals surface area (Å²) in [7, 11) is 0. The van der Waals surface area contributed by atoms with Gasteiger partial charge in [0.05, 0.1) is 6.54 Å². The van der Waals surface area contributed by atoms with Crippen molar-refractivity contribution in [3.63, 3.8) is 0 Å². The summed E-state index contributed by atoms with van der Waals surface area (Å²) >= 11 is 0. The zero-order chi connectivity index (χ0) is 14.2. The lowest BCUT2D eigenvalue weighted by Gasteiger charge is -2.15. The Hall–Kier alpha value is -1.91. The lowest BCUT2D eigenvalue weighted by Crippen LogP contribution is -2.14. The zero-order valence-corrected chi connectivity index (χ0v) is 12.1. The molecule has 0 aliphatic heterocycles. The van der Waals surface area contributed by atoms with E-state index in [1.54, 1.807) is 0 Å². The summed E-state index contributed by atoms with van der Waals surface area (Å²) in [5.74, 6) is 0.852. The van der Waals surface area contributed by atoms with E-state index in [1.807, 2.05) is 29.8 Å². The number of nitrogens with zero attached hydrogens (tertiary/aromatic N) is 4. The first-order valence-electron chi connectivity index (χ1n) is 7.26. The highest BCUT2D eigenvalue weighted by molar-refractivity contribution is 5.63. The predicted octanol–water partition coefficient (Wildman–Crippen LogP) is 2.81. The van der Waals surface area contributed by atoms with Crippen LogP contribution in [0.3, 0.4) is 0 Å². The van der Waals surface area contributed by atoms with Crippen molar-refractivity contribution in [1.82, 2.24) is 20.2 Å². The molecule has 2 aromatic rings. The molecule has 20 heavy (non-hydrogen) atoms. The molecule has 0 saturated heterocycles. The van der Waals surface area contributed by atoms with Crippen molar-refractivity contribution in [3.8, 4) is 11.4 Å². The molecule has 1 saturated carbocycles. The molecule has 1 aromatic heterocycles. The first-order valence-corrected chi connectivity index (χ1v) is 7.26. The molecule has 5 heteroatoms. The van der Waals surface area contributed by atoms with Crippen LogP contribution in [0.4, 0.5) is 5.69 Å². The summed E-state index contributed by atoms with van der Waals surface area (Å²) in [6.45, 7) is 5.21. The van der Waals surface area contributed by atoms with Crippen LogP contribution in [0.2, 0.25) is 0 Å². The molecule has 1 heterocycles. The van der Waals surface area contributed by atoms with Crippen molar-refractivity contribution >= 4 is 5.69 Å². The standard InChI is InChI=1S/C15H21N5/c1-3-6-15(7-8-15)10-20-14(17-18-19-20)13-5-4-12(16)9-11(13)2/h4-5,9H,3,6-8,10,16H2,1-2H3. The van der Waals surface area contributed by atoms with Crippen LogP contribution in [0.1, 0.15) is 38.2 Å². The fourth-order valence-electron chi connectivity index (χ4n) is 2.95. The molecule has 0 unspecified atom stereocenters. The smallest absolute Gasteiger partial charge is 0.182 e. The van der Waals surface area contributed by atoms with Gasteiger partial charge in [0, 0.05) is 11.3 Å². The molecule has 1 aliphatic rings. The van der Waals surface area contributed by atoms with Crippen molar-refractivity contribution in [2.45, 2.75) is 46.1 Å². The second kappa shape index (κ2) is 4.89. The minimum Gasteiger partial charge on any atom is -0.399 e. The highest BCUT2D eigenvalue weighted by atomic mass is 15.5. The normalized spacial score (nSPS) is 16.3. The summed E-state index contributed by atoms with van der Waals surface area (Å²) < 4.78 is 1.96. The quantitative estimate of drug-likeness (QED) is 0.849. The Morgan fingerprint density at radius 2 is 2.15 bits per heavy atom. The van der Waals surface area contributed by atoms with E-state index in [1.165, 1.54) is 25.7 Å². The van der Waals surface area contributed by atoms with Gasteiger partial charge in [0.1, 0.15) is 0 Å². The Morgan fingerprint density at radius 1 is 1.35 bits per heavy atom. The fourth-order valence-corrected chi connectivity index (χ4v) is 2.95. The maximum absolute atomic E-state index is 5.81. The van der Waals surface area contributed by atoms with E-state index >= 15 is 0 Å². The SMILES string of the molecule is CCCC1(Cn2nnnc2-c2ccc(N)cc2C)CC1. The molecule has 0 radical (unpaired) electrons. The number of nitrogens with two attached hydrogens (primary N) is 1. The Balaban J connectivity index is 1.90. The lowest BCUT2D eigenvalue weighted by molar-refractivity contribution is 0.365. The maximum Gasteiger partial charge on any atom is 0.182 e. The topological polar surface area (TPSA) is 69.6 Å². The van der Waals surface area contributed by atoms with Gasteiger partial charge in [-0.2, -0.15) is 0 Å². The molecule has 106 valence electrons. The van der Waals surface area contributed by atoms with Crippen LogP contribution in [0.15, 0.2) is 18.2 Å². The fraction of sp³-hybridized carbons (Fsp3) is 0.533. The number of aryl methyl sites for hydroxylation is 1. The molecule has 1 fully saturated rings. The summed E-state index contributed by atoms with van der Waals surface area (Å²) in [6.07, 6.45) is 5.06. The van der Waals surface area contributed by atoms with E-state index in [4.69, 9.17) is 5.73 Å². The predicted molar refractivity (Wildman–Crippen MR) is 79.0 cm³/mol. The minimum absolute atomic E-state index is 0.431. The van der Waals surface area contributed by atoms with Crippen molar-refractivity contribution < 1.29 is 0 Å². The van der Waals surface area contributed by atoms with Crippen molar-refractivity contribution in [2.75, 3.05) is 5.73 Å². The minimum atomic E-state index is 0.431. The highest BCUT2D eigenvalue weighted by Gasteiger charge is 2.42. The van der Waals surface area contributed by atoms with Gasteiger partial charge >= 0.3 is 0 Å². The first kappa shape index (κ1) is 13.1. The molecular weight excluding hydrogens is 250 g/mol. The second-order valence-electron chi connectivity index (χ2n) is 5.98. The van der Waals surface area contributed by atoms with E-state index in [9.17, 15) is 0 Å². The third kappa shape index (κ3) is 2.40. The van der Waals surface area contributed by atoms with Gasteiger partial charge in [0.15, 0.2) is 5.82 Å². The Labute approximate surface area is 119 Å². The molecule has 1 aliphatic carbocycles. The summed E-state index contributed by atoms with van der Waals surface area (Å²) in [4.78, 5) is 0. The number of hydrogen-bond acceptors (Lipinski definition) is 4. The van der Waals surface area contributed by atoms with Crippen LogP contribution >= 0.6 is 0 Å². The molecule has 2 N–H and O–H groups in total. The molecule has 5 nitrogen and oxygen atoms in total. The Bertz CT molecular complexity index is 612. The van der Waals surface area contributed by atoms with Gasteiger partial charge in [-0.1, -0.05) is 13.3 Å². The van der Waals surface area contributed by atoms with E-state index in [-0.39, 0.29) is 0 Å². The zero-order valence-electron chi connectivity index (χ0n) is 12.1. The van der Waals surface area contributed by atoms with E-state index in [0.29, 0.717) is 5.41 Å². The largest absolute Gasteiger partial charge is 0.399 e. The van der Waals surface area contributed by atoms with Crippen molar-refractivity contribution in [1.29, 1.82) is 0 Å². The average Bonchev–Trinajstić information content (AvgIpc) is 3.00. The molecule has 1 aromatic carbocycles. The number of hydrogen-bond donors (Lipinski definition) is 1. The lowest BCUT2D eigenvalue weighted by atomic mass is 10.0. The third-order valence-electron chi connectivity index (χ3n) is 4.25. The number of rotatable bonds is 5. The molecule has 0 spiro atoms. The highest BCUT2D eigenvalue weighted by Crippen LogP contribution is 2.51. The average molecular weight is 271 g/mol. The monoisotopic (exact) mass is 271 g/mol. The summed E-state index contributed by atoms with van der Waals surface area (Å²) in [5, 5.41) is 12.3. The van der Waals surface area contributed by atoms with Gasteiger partial charge in [0.2, 0.25) is 0 Å². The van der Waals surface area contributed by atoms with Gasteiger partial charge in [-0.05, 0) is 65.8 Å². The number of nitrogen functional groups attached to an aromatic ring is 1. The molecule has 0 amide bonds. The van der Waals surface area contributed by atoms with Crippen molar-refractivity contribution in [2.24, 2.45) is 5.41 Å². The number of tetrazole rings is 1. The van der Waals surface area contributed by atoms with Gasteiger partial charge in [-0.3, -0.25) is 0 Å². The van der Waals surface area contributed by atoms with Crippen molar-refractivity contribution in [3.05, 3.63) is 23.8 Å². The van der Waals surface area contributed by atoms with E-state index < -0.39 is 0 Å². The van der Waals surface area contributed by atoms with Gasteiger partial charge in [0.25, 0.3) is 0 Å². The molecular formula is C15H21N5. The molecule has 0 atom stereocenters. The van der Waals surface area contributed by atoms with Crippen LogP contribution in [-0.4, -0.2) is 20.2 Å². The van der Waals surface area contributed by atoms with Crippen LogP contribution in [0.5, 0.6) is 0 Å². The number of benzene rings is 1. The number of anilines is 1. The summed E-state index contributed by atoms with van der Waals surface area (Å²) in [6, 6.07) is 5.87. The first-order chi connectivity index (χ1) is 9.63. The van der Waals surface area contributed by atoms with Gasteiger partial charge in [-0.25, -0.2) is 4.68 Å². The molecule has 0 bridgehead atoms. The van der Waals surface area contributed by atoms with Crippen LogP contribution < -0.4 is 5.73 Å². The number of aromatic nitrogens is 4. The van der Waals surface area contributed by atoms with Gasteiger partial charge in [-0.15, -0.1) is 5.10 Å². The van der Waals surface area contributed by atoms with Gasteiger partial charge < -0.3 is 5.73 Å². The van der Waals surface area contributed by atoms with E-state index in [2.05, 4.69) is 22.4 Å². The Kier molecular flexibility index (Phi) is 3.20. The second-order valence-corrected chi connectivity index (χ2v) is 5.98. The van der Waals surface area contributed by atoms with E-state index in [0.717, 1.165) is 29.2 Å². The third-order valence-corrected chi connectivity index (χ3v) is 4.25.